The van der Waals surface area contributed by atoms with Crippen LogP contribution >= 0.6 is 15.9 Å². The second-order valence-electron chi connectivity index (χ2n) is 4.27. The van der Waals surface area contributed by atoms with Gasteiger partial charge in [0.25, 0.3) is 5.91 Å². The normalized spacial score (nSPS) is 10.3. The Morgan fingerprint density at radius 1 is 1.19 bits per heavy atom. The lowest BCUT2D eigenvalue weighted by Crippen LogP contribution is -2.12. The number of anilines is 1. The molecule has 6 heteroatoms. The van der Waals surface area contributed by atoms with Crippen molar-refractivity contribution >= 4 is 27.5 Å². The predicted octanol–water partition coefficient (Wildman–Crippen LogP) is 3.75. The molecule has 0 aliphatic heterocycles. The van der Waals surface area contributed by atoms with Gasteiger partial charge in [-0.05, 0) is 40.2 Å². The van der Waals surface area contributed by atoms with E-state index >= 15 is 0 Å². The summed E-state index contributed by atoms with van der Waals surface area (Å²) in [4.78, 5) is 20.0. The molecular weight excluding hydrogens is 334 g/mol. The summed E-state index contributed by atoms with van der Waals surface area (Å²) >= 11 is 3.23. The number of nitrogens with one attached hydrogen (secondary N) is 1. The Morgan fingerprint density at radius 3 is 2.81 bits per heavy atom. The molecule has 0 saturated heterocycles. The molecule has 0 unspecified atom stereocenters. The van der Waals surface area contributed by atoms with Crippen LogP contribution in [0.15, 0.2) is 64.2 Å². The van der Waals surface area contributed by atoms with Gasteiger partial charge in [-0.15, -0.1) is 0 Å². The topological polar surface area (TPSA) is 68.0 Å². The lowest BCUT2D eigenvalue weighted by molar-refractivity contribution is 0.102. The third-order valence-electron chi connectivity index (χ3n) is 2.83. The maximum atomic E-state index is 12.1. The van der Waals surface area contributed by atoms with Crippen molar-refractivity contribution < 1.29 is 9.21 Å². The summed E-state index contributed by atoms with van der Waals surface area (Å²) in [5.74, 6) is 0.432. The summed E-state index contributed by atoms with van der Waals surface area (Å²) in [6.07, 6.45) is 4.51. The Labute approximate surface area is 129 Å². The van der Waals surface area contributed by atoms with Gasteiger partial charge in [0, 0.05) is 17.4 Å². The maximum absolute atomic E-state index is 12.1. The third-order valence-corrected chi connectivity index (χ3v) is 3.30. The van der Waals surface area contributed by atoms with E-state index in [0.29, 0.717) is 21.6 Å². The SMILES string of the molecule is O=C(Nc1cccc(-c2cnco2)c1)c1ccc(Br)nc1. The van der Waals surface area contributed by atoms with Crippen LogP contribution in [0.4, 0.5) is 5.69 Å². The van der Waals surface area contributed by atoms with Crippen LogP contribution in [-0.2, 0) is 0 Å². The van der Waals surface area contributed by atoms with Crippen LogP contribution in [0, 0.1) is 0 Å². The van der Waals surface area contributed by atoms with E-state index in [4.69, 9.17) is 4.42 Å². The van der Waals surface area contributed by atoms with Gasteiger partial charge in [0.05, 0.1) is 11.8 Å². The molecule has 0 fully saturated rings. The molecule has 2 aromatic heterocycles. The molecule has 1 N–H and O–H groups in total. The first kappa shape index (κ1) is 13.5. The number of rotatable bonds is 3. The van der Waals surface area contributed by atoms with Crippen molar-refractivity contribution in [1.82, 2.24) is 9.97 Å². The van der Waals surface area contributed by atoms with E-state index in [2.05, 4.69) is 31.2 Å². The third kappa shape index (κ3) is 3.17. The predicted molar refractivity (Wildman–Crippen MR) is 81.8 cm³/mol. The van der Waals surface area contributed by atoms with Gasteiger partial charge in [-0.3, -0.25) is 4.79 Å². The molecule has 1 aromatic carbocycles. The largest absolute Gasteiger partial charge is 0.444 e. The smallest absolute Gasteiger partial charge is 0.257 e. The summed E-state index contributed by atoms with van der Waals surface area (Å²) in [5, 5.41) is 2.82. The summed E-state index contributed by atoms with van der Waals surface area (Å²) in [6, 6.07) is 10.8. The lowest BCUT2D eigenvalue weighted by Gasteiger charge is -2.06. The van der Waals surface area contributed by atoms with Gasteiger partial charge >= 0.3 is 0 Å². The molecule has 0 saturated carbocycles. The minimum Gasteiger partial charge on any atom is -0.444 e. The Bertz CT molecular complexity index is 755. The average Bonchev–Trinajstić information content (AvgIpc) is 3.02. The van der Waals surface area contributed by atoms with Crippen molar-refractivity contribution in [2.75, 3.05) is 5.32 Å². The number of hydrogen-bond donors (Lipinski definition) is 1. The monoisotopic (exact) mass is 343 g/mol. The minimum atomic E-state index is -0.218. The highest BCUT2D eigenvalue weighted by Crippen LogP contribution is 2.22. The molecule has 21 heavy (non-hydrogen) atoms. The lowest BCUT2D eigenvalue weighted by atomic mass is 10.1. The van der Waals surface area contributed by atoms with E-state index in [0.717, 1.165) is 5.56 Å². The number of benzene rings is 1. The number of halogens is 1. The molecule has 2 heterocycles. The van der Waals surface area contributed by atoms with Crippen LogP contribution < -0.4 is 5.32 Å². The first-order chi connectivity index (χ1) is 10.2. The van der Waals surface area contributed by atoms with Gasteiger partial charge in [0.15, 0.2) is 12.2 Å². The highest BCUT2D eigenvalue weighted by atomic mass is 79.9. The number of amides is 1. The summed E-state index contributed by atoms with van der Waals surface area (Å²) < 4.78 is 5.92. The first-order valence-corrected chi connectivity index (χ1v) is 6.93. The van der Waals surface area contributed by atoms with Crippen LogP contribution in [0.3, 0.4) is 0 Å². The number of hydrogen-bond acceptors (Lipinski definition) is 4. The second-order valence-corrected chi connectivity index (χ2v) is 5.08. The zero-order valence-electron chi connectivity index (χ0n) is 10.8. The molecule has 0 aliphatic rings. The number of pyridine rings is 1. The van der Waals surface area contributed by atoms with Gasteiger partial charge in [-0.2, -0.15) is 0 Å². The number of oxazole rings is 1. The summed E-state index contributed by atoms with van der Waals surface area (Å²) in [5.41, 5.74) is 2.01. The van der Waals surface area contributed by atoms with Crippen molar-refractivity contribution in [1.29, 1.82) is 0 Å². The van der Waals surface area contributed by atoms with E-state index in [1.54, 1.807) is 18.3 Å². The second kappa shape index (κ2) is 5.88. The molecule has 0 bridgehead atoms. The van der Waals surface area contributed by atoms with Gasteiger partial charge in [0.1, 0.15) is 4.60 Å². The molecule has 0 atom stereocenters. The van der Waals surface area contributed by atoms with Crippen LogP contribution in [-0.4, -0.2) is 15.9 Å². The molecule has 0 aliphatic carbocycles. The maximum Gasteiger partial charge on any atom is 0.257 e. The molecule has 0 radical (unpaired) electrons. The van der Waals surface area contributed by atoms with Gasteiger partial charge < -0.3 is 9.73 Å². The van der Waals surface area contributed by atoms with Crippen molar-refractivity contribution in [3.63, 3.8) is 0 Å². The van der Waals surface area contributed by atoms with E-state index in [1.165, 1.54) is 12.6 Å². The Balaban J connectivity index is 1.80. The minimum absolute atomic E-state index is 0.218. The van der Waals surface area contributed by atoms with Gasteiger partial charge in [0.2, 0.25) is 0 Å². The number of carbonyl (C=O) groups is 1. The summed E-state index contributed by atoms with van der Waals surface area (Å²) in [7, 11) is 0. The van der Waals surface area contributed by atoms with Crippen molar-refractivity contribution in [3.05, 3.63) is 65.4 Å². The molecular formula is C15H10BrN3O2. The van der Waals surface area contributed by atoms with E-state index in [-0.39, 0.29) is 5.91 Å². The van der Waals surface area contributed by atoms with E-state index in [1.807, 2.05) is 24.3 Å². The number of carbonyl (C=O) groups excluding carboxylic acids is 1. The van der Waals surface area contributed by atoms with Gasteiger partial charge in [-0.25, -0.2) is 9.97 Å². The van der Waals surface area contributed by atoms with Crippen molar-refractivity contribution in [2.24, 2.45) is 0 Å². The van der Waals surface area contributed by atoms with Crippen LogP contribution in [0.5, 0.6) is 0 Å². The molecule has 3 aromatic rings. The zero-order valence-corrected chi connectivity index (χ0v) is 12.4. The van der Waals surface area contributed by atoms with E-state index in [9.17, 15) is 4.79 Å². The van der Waals surface area contributed by atoms with Gasteiger partial charge in [-0.1, -0.05) is 12.1 Å². The molecule has 3 rings (SSSR count). The van der Waals surface area contributed by atoms with Crippen LogP contribution in [0.1, 0.15) is 10.4 Å². The highest BCUT2D eigenvalue weighted by Gasteiger charge is 2.08. The molecule has 5 nitrogen and oxygen atoms in total. The molecule has 0 spiro atoms. The van der Waals surface area contributed by atoms with Crippen LogP contribution in [0.25, 0.3) is 11.3 Å². The van der Waals surface area contributed by atoms with Crippen molar-refractivity contribution in [2.45, 2.75) is 0 Å². The number of nitrogens with zero attached hydrogens (tertiary/aromatic N) is 2. The Hall–Kier alpha value is -2.47. The fourth-order valence-electron chi connectivity index (χ4n) is 1.82. The fourth-order valence-corrected chi connectivity index (χ4v) is 2.06. The fraction of sp³-hybridized carbons (Fsp3) is 0. The Morgan fingerprint density at radius 2 is 2.10 bits per heavy atom. The quantitative estimate of drug-likeness (QED) is 0.735. The first-order valence-electron chi connectivity index (χ1n) is 6.14. The van der Waals surface area contributed by atoms with E-state index < -0.39 is 0 Å². The Kier molecular flexibility index (Phi) is 3.79. The average molecular weight is 344 g/mol. The zero-order chi connectivity index (χ0) is 14.7. The molecule has 1 amide bonds. The van der Waals surface area contributed by atoms with Crippen molar-refractivity contribution in [3.8, 4) is 11.3 Å². The number of aromatic nitrogens is 2. The highest BCUT2D eigenvalue weighted by molar-refractivity contribution is 9.10. The van der Waals surface area contributed by atoms with Crippen LogP contribution in [0.2, 0.25) is 0 Å². The standard InChI is InChI=1S/C15H10BrN3O2/c16-14-5-4-11(7-18-14)15(20)19-12-3-1-2-10(6-12)13-8-17-9-21-13/h1-9H,(H,19,20). The molecule has 104 valence electrons. The summed E-state index contributed by atoms with van der Waals surface area (Å²) in [6.45, 7) is 0.